The van der Waals surface area contributed by atoms with Crippen LogP contribution in [0.15, 0.2) is 48.5 Å². The van der Waals surface area contributed by atoms with E-state index in [4.69, 9.17) is 9.72 Å². The molecular weight excluding hydrogens is 443 g/mol. The fraction of sp³-hybridized carbons (Fsp3) is 0.308. The van der Waals surface area contributed by atoms with Crippen LogP contribution in [0, 0.1) is 17.5 Å². The number of rotatable bonds is 8. The normalized spacial score (nSPS) is 12.9. The quantitative estimate of drug-likeness (QED) is 0.430. The van der Waals surface area contributed by atoms with E-state index in [-0.39, 0.29) is 18.8 Å². The van der Waals surface area contributed by atoms with Crippen LogP contribution in [0.5, 0.6) is 0 Å². The highest BCUT2D eigenvalue weighted by molar-refractivity contribution is 5.69. The minimum absolute atomic E-state index is 0.130. The van der Waals surface area contributed by atoms with E-state index in [1.165, 1.54) is 12.1 Å². The molecule has 0 unspecified atom stereocenters. The molecule has 4 rings (SSSR count). The summed E-state index contributed by atoms with van der Waals surface area (Å²) >= 11 is 0. The van der Waals surface area contributed by atoms with Gasteiger partial charge in [0, 0.05) is 30.4 Å². The molecule has 0 radical (unpaired) electrons. The number of fused-ring (bicyclic) bond motifs is 1. The molecule has 3 aromatic rings. The predicted octanol–water partition coefficient (Wildman–Crippen LogP) is 5.69. The van der Waals surface area contributed by atoms with Crippen molar-refractivity contribution >= 4 is 23.2 Å². The number of anilines is 3. The highest BCUT2D eigenvalue weighted by Crippen LogP contribution is 2.33. The Balaban J connectivity index is 1.44. The Morgan fingerprint density at radius 2 is 1.91 bits per heavy atom. The summed E-state index contributed by atoms with van der Waals surface area (Å²) in [6.45, 7) is 3.05. The summed E-state index contributed by atoms with van der Waals surface area (Å²) < 4.78 is 46.5. The van der Waals surface area contributed by atoms with Crippen LogP contribution in [0.2, 0.25) is 0 Å². The van der Waals surface area contributed by atoms with E-state index >= 15 is 0 Å². The van der Waals surface area contributed by atoms with Crippen LogP contribution >= 0.6 is 0 Å². The van der Waals surface area contributed by atoms with Gasteiger partial charge in [-0.3, -0.25) is 4.79 Å². The number of halogens is 3. The number of nitrogens with zero attached hydrogens (tertiary/aromatic N) is 2. The second kappa shape index (κ2) is 10.6. The Kier molecular flexibility index (Phi) is 7.35. The third-order valence-corrected chi connectivity index (χ3v) is 5.74. The molecule has 0 amide bonds. The molecule has 0 fully saturated rings. The molecule has 2 aromatic carbocycles. The highest BCUT2D eigenvalue weighted by Gasteiger charge is 2.21. The monoisotopic (exact) mass is 469 g/mol. The fourth-order valence-corrected chi connectivity index (χ4v) is 4.00. The van der Waals surface area contributed by atoms with E-state index in [1.54, 1.807) is 25.1 Å². The summed E-state index contributed by atoms with van der Waals surface area (Å²) in [5.74, 6) is -1.80. The third-order valence-electron chi connectivity index (χ3n) is 5.74. The largest absolute Gasteiger partial charge is 0.466 e. The van der Waals surface area contributed by atoms with E-state index in [9.17, 15) is 18.0 Å². The van der Waals surface area contributed by atoms with E-state index in [0.717, 1.165) is 36.0 Å². The number of carbonyl (C=O) groups is 1. The van der Waals surface area contributed by atoms with Gasteiger partial charge in [0.15, 0.2) is 11.6 Å². The molecule has 0 bridgehead atoms. The summed E-state index contributed by atoms with van der Waals surface area (Å²) in [7, 11) is 0. The van der Waals surface area contributed by atoms with Gasteiger partial charge in [-0.1, -0.05) is 12.1 Å². The van der Waals surface area contributed by atoms with Crippen LogP contribution in [0.25, 0.3) is 0 Å². The summed E-state index contributed by atoms with van der Waals surface area (Å²) in [6, 6.07) is 12.6. The molecular formula is C26H26F3N3O2. The molecule has 1 aliphatic heterocycles. The van der Waals surface area contributed by atoms with Crippen LogP contribution < -0.4 is 10.2 Å². The maximum Gasteiger partial charge on any atom is 0.306 e. The maximum atomic E-state index is 14.5. The van der Waals surface area contributed by atoms with Gasteiger partial charge in [-0.2, -0.15) is 0 Å². The van der Waals surface area contributed by atoms with Gasteiger partial charge in [0.2, 0.25) is 0 Å². The van der Waals surface area contributed by atoms with Gasteiger partial charge in [0.25, 0.3) is 0 Å². The first-order chi connectivity index (χ1) is 16.4. The van der Waals surface area contributed by atoms with Crippen molar-refractivity contribution in [1.29, 1.82) is 0 Å². The van der Waals surface area contributed by atoms with Gasteiger partial charge in [-0.15, -0.1) is 0 Å². The van der Waals surface area contributed by atoms with E-state index in [2.05, 4.69) is 5.32 Å². The summed E-state index contributed by atoms with van der Waals surface area (Å²) in [6.07, 6.45) is 2.14. The number of nitrogens with one attached hydrogen (secondary N) is 1. The van der Waals surface area contributed by atoms with Gasteiger partial charge in [-0.05, 0) is 67.6 Å². The lowest BCUT2D eigenvalue weighted by Crippen LogP contribution is -2.26. The van der Waals surface area contributed by atoms with E-state index in [1.807, 2.05) is 17.0 Å². The zero-order chi connectivity index (χ0) is 24.1. The highest BCUT2D eigenvalue weighted by atomic mass is 19.2. The second-order valence-electron chi connectivity index (χ2n) is 8.10. The lowest BCUT2D eigenvalue weighted by molar-refractivity contribution is -0.143. The minimum Gasteiger partial charge on any atom is -0.466 e. The Morgan fingerprint density at radius 3 is 2.68 bits per heavy atom. The fourth-order valence-electron chi connectivity index (χ4n) is 4.00. The van der Waals surface area contributed by atoms with Crippen molar-refractivity contribution in [2.75, 3.05) is 23.4 Å². The maximum absolute atomic E-state index is 14.5. The number of carbonyl (C=O) groups excluding carboxylic acids is 1. The lowest BCUT2D eigenvalue weighted by atomic mass is 10.0. The van der Waals surface area contributed by atoms with Gasteiger partial charge < -0.3 is 15.0 Å². The molecule has 0 saturated carbocycles. The molecule has 0 aliphatic carbocycles. The summed E-state index contributed by atoms with van der Waals surface area (Å²) in [4.78, 5) is 18.1. The number of hydrogen-bond donors (Lipinski definition) is 1. The van der Waals surface area contributed by atoms with Crippen LogP contribution in [-0.4, -0.2) is 24.1 Å². The molecule has 0 atom stereocenters. The average Bonchev–Trinajstić information content (AvgIpc) is 2.83. The predicted molar refractivity (Wildman–Crippen MR) is 125 cm³/mol. The molecule has 1 aliphatic rings. The molecule has 0 saturated heterocycles. The Morgan fingerprint density at radius 1 is 1.06 bits per heavy atom. The van der Waals surface area contributed by atoms with E-state index in [0.29, 0.717) is 36.6 Å². The first kappa shape index (κ1) is 23.6. The first-order valence-electron chi connectivity index (χ1n) is 11.3. The second-order valence-corrected chi connectivity index (χ2v) is 8.10. The lowest BCUT2D eigenvalue weighted by Gasteiger charge is -2.30. The standard InChI is InChI=1S/C26H26F3N3O2/c1-2-34-25(33)12-7-17-5-8-19(14-23(17)28)30-16-20-9-6-18-4-3-13-32(26(18)31-20)21-10-11-22(27)24(29)15-21/h5-6,8-11,14-15,30H,2-4,7,12-13,16H2,1H3. The Bertz CT molecular complexity index is 1190. The topological polar surface area (TPSA) is 54.5 Å². The molecule has 1 aromatic heterocycles. The molecule has 34 heavy (non-hydrogen) atoms. The number of benzene rings is 2. The van der Waals surface area contributed by atoms with Gasteiger partial charge in [0.05, 0.1) is 18.8 Å². The van der Waals surface area contributed by atoms with Crippen molar-refractivity contribution in [3.05, 3.63) is 82.8 Å². The summed E-state index contributed by atoms with van der Waals surface area (Å²) in [5, 5.41) is 3.17. The van der Waals surface area contributed by atoms with Crippen molar-refractivity contribution < 1.29 is 22.7 Å². The van der Waals surface area contributed by atoms with Crippen molar-refractivity contribution in [1.82, 2.24) is 4.98 Å². The van der Waals surface area contributed by atoms with Gasteiger partial charge in [0.1, 0.15) is 11.6 Å². The molecule has 178 valence electrons. The number of aryl methyl sites for hydroxylation is 2. The van der Waals surface area contributed by atoms with E-state index < -0.39 is 17.5 Å². The van der Waals surface area contributed by atoms with Crippen molar-refractivity contribution in [2.24, 2.45) is 0 Å². The van der Waals surface area contributed by atoms with Gasteiger partial charge in [-0.25, -0.2) is 18.2 Å². The van der Waals surface area contributed by atoms with Crippen molar-refractivity contribution in [3.8, 4) is 0 Å². The number of hydrogen-bond acceptors (Lipinski definition) is 5. The molecule has 2 heterocycles. The van der Waals surface area contributed by atoms with Crippen LogP contribution in [-0.2, 0) is 28.9 Å². The van der Waals surface area contributed by atoms with Crippen LogP contribution in [0.1, 0.15) is 36.6 Å². The number of pyridine rings is 1. The number of ether oxygens (including phenoxy) is 1. The third kappa shape index (κ3) is 5.50. The summed E-state index contributed by atoms with van der Waals surface area (Å²) in [5.41, 5.74) is 3.37. The molecule has 1 N–H and O–H groups in total. The Labute approximate surface area is 196 Å². The molecule has 8 heteroatoms. The molecule has 5 nitrogen and oxygen atoms in total. The van der Waals surface area contributed by atoms with Gasteiger partial charge >= 0.3 is 5.97 Å². The smallest absolute Gasteiger partial charge is 0.306 e. The number of esters is 1. The minimum atomic E-state index is -0.893. The van der Waals surface area contributed by atoms with Crippen LogP contribution in [0.3, 0.4) is 0 Å². The van der Waals surface area contributed by atoms with Crippen molar-refractivity contribution in [3.63, 3.8) is 0 Å². The number of aromatic nitrogens is 1. The Hall–Kier alpha value is -3.55. The SMILES string of the molecule is CCOC(=O)CCc1ccc(NCc2ccc3c(n2)N(c2ccc(F)c(F)c2)CCC3)cc1F. The first-order valence-corrected chi connectivity index (χ1v) is 11.3. The zero-order valence-electron chi connectivity index (χ0n) is 18.9. The van der Waals surface area contributed by atoms with Crippen molar-refractivity contribution in [2.45, 2.75) is 39.2 Å². The zero-order valence-corrected chi connectivity index (χ0v) is 18.9. The van der Waals surface area contributed by atoms with Crippen LogP contribution in [0.4, 0.5) is 30.4 Å². The molecule has 0 spiro atoms. The average molecular weight is 470 g/mol.